The molecule has 1 atom stereocenters. The Balaban J connectivity index is 0.962. The first kappa shape index (κ1) is 62.0. The van der Waals surface area contributed by atoms with Gasteiger partial charge in [-0.25, -0.2) is 14.8 Å². The monoisotopic (exact) mass is 1230 g/mol. The van der Waals surface area contributed by atoms with Crippen LogP contribution in [-0.2, 0) is 11.3 Å². The Hall–Kier alpha value is -10.8. The third-order valence-electron chi connectivity index (χ3n) is 18.8. The zero-order valence-corrected chi connectivity index (χ0v) is 55.3. The van der Waals surface area contributed by atoms with Crippen molar-refractivity contribution >= 4 is 92.4 Å². The Kier molecular flexibility index (Phi) is 17.2. The van der Waals surface area contributed by atoms with Crippen molar-refractivity contribution in [1.29, 1.82) is 5.26 Å². The number of rotatable bonds is 17. The predicted molar refractivity (Wildman–Crippen MR) is 393 cm³/mol. The van der Waals surface area contributed by atoms with Gasteiger partial charge in [0.15, 0.2) is 0 Å². The number of ether oxygens (including phenoxy) is 1. The number of carbonyl (C=O) groups is 1. The number of methoxy groups -OCH3 is 1. The second kappa shape index (κ2) is 26.1. The van der Waals surface area contributed by atoms with Gasteiger partial charge in [0.2, 0.25) is 0 Å². The molecule has 7 aromatic carbocycles. The number of aromatic nitrogens is 5. The van der Waals surface area contributed by atoms with Gasteiger partial charge in [-0.3, -0.25) is 0 Å². The Morgan fingerprint density at radius 1 is 0.511 bits per heavy atom. The van der Waals surface area contributed by atoms with Crippen LogP contribution in [0, 0.1) is 64.7 Å². The molecule has 9 nitrogen and oxygen atoms in total. The second-order valence-corrected chi connectivity index (χ2v) is 26.2. The van der Waals surface area contributed by atoms with Crippen LogP contribution in [-0.4, -0.2) is 42.7 Å². The quantitative estimate of drug-likeness (QED) is 0.0473. The molecule has 9 heteroatoms. The van der Waals surface area contributed by atoms with E-state index in [1.54, 1.807) is 7.11 Å². The fourth-order valence-corrected chi connectivity index (χ4v) is 14.3. The van der Waals surface area contributed by atoms with Gasteiger partial charge in [0.25, 0.3) is 0 Å². The van der Waals surface area contributed by atoms with Gasteiger partial charge in [-0.05, 0) is 223 Å². The van der Waals surface area contributed by atoms with Gasteiger partial charge in [0, 0.05) is 72.7 Å². The van der Waals surface area contributed by atoms with E-state index in [2.05, 4.69) is 235 Å². The van der Waals surface area contributed by atoms with Crippen molar-refractivity contribution < 1.29 is 14.6 Å². The Bertz CT molecular complexity index is 5070. The number of fused-ring (bicyclic) bond motifs is 11. The average molecular weight is 1230 g/mol. The molecule has 6 heterocycles. The first-order valence-electron chi connectivity index (χ1n) is 32.8. The Morgan fingerprint density at radius 2 is 0.947 bits per heavy atom. The predicted octanol–water partition coefficient (Wildman–Crippen LogP) is 22.0. The molecule has 94 heavy (non-hydrogen) atoms. The molecule has 0 amide bonds. The molecule has 0 saturated carbocycles. The first-order valence-corrected chi connectivity index (χ1v) is 32.8. The molecule has 4 aromatic heterocycles. The van der Waals surface area contributed by atoms with Crippen molar-refractivity contribution in [3.8, 4) is 67.5 Å². The lowest BCUT2D eigenvalue weighted by Gasteiger charge is -2.14. The minimum atomic E-state index is -1.27. The standard InChI is InChI=1S/C85H78N6O3/c1-50(2)12-11-13-51(3)40-41-91-77-38-20-60(47-67(77)68-48-64(27-39-78(68)91)61-25-28-66(94-10)29-26-61)15-14-58-16-21-62(22-17-58)81-69-30-34-73(87-69)83(79-54(6)42-52(4)43-55(79)7)75-36-32-71(89-75)82(63-23-18-59(19-24-63)46-65(49-86)85(92)93)72-33-37-76(90-72)84(74-35-31-70(81)88-74)80-56(8)44-53(5)45-57(80)9/h14-39,42-48,50-51,87,90H,11-13,40-41H2,1-10H3,(H,92,93)/b15-14+,65-46-,81-69?,81-70?,82-71?,82-72?,83-73?,83-75?,84-74?,84-76?. The summed E-state index contributed by atoms with van der Waals surface area (Å²) >= 11 is 0. The van der Waals surface area contributed by atoms with Crippen LogP contribution in [0.15, 0.2) is 163 Å². The molecule has 2 aliphatic heterocycles. The molecule has 0 radical (unpaired) electrons. The smallest absolute Gasteiger partial charge is 0.346 e. The largest absolute Gasteiger partial charge is 0.497 e. The molecule has 8 bridgehead atoms. The number of hydrogen-bond donors (Lipinski definition) is 3. The van der Waals surface area contributed by atoms with Gasteiger partial charge in [0.05, 0.1) is 29.9 Å². The number of aromatic amines is 2. The Morgan fingerprint density at radius 3 is 1.44 bits per heavy atom. The van der Waals surface area contributed by atoms with Crippen molar-refractivity contribution in [3.63, 3.8) is 0 Å². The summed E-state index contributed by atoms with van der Waals surface area (Å²) in [6.45, 7) is 21.0. The van der Waals surface area contributed by atoms with Crippen LogP contribution in [0.4, 0.5) is 0 Å². The fraction of sp³-hybridized carbons (Fsp3) is 0.200. The highest BCUT2D eigenvalue weighted by Gasteiger charge is 2.23. The van der Waals surface area contributed by atoms with E-state index in [-0.39, 0.29) is 5.57 Å². The van der Waals surface area contributed by atoms with E-state index in [9.17, 15) is 15.2 Å². The normalized spacial score (nSPS) is 12.6. The van der Waals surface area contributed by atoms with Crippen LogP contribution in [0.25, 0.3) is 142 Å². The zero-order chi connectivity index (χ0) is 65.5. The van der Waals surface area contributed by atoms with Gasteiger partial charge in [-0.15, -0.1) is 0 Å². The van der Waals surface area contributed by atoms with Gasteiger partial charge < -0.3 is 24.4 Å². The number of nitriles is 1. The SMILES string of the molecule is COc1ccc(-c2ccc3c(c2)c2cc(/C=C/c4ccc(-c5c6nc(c(-c7c(C)cc(C)cc7C)c7ccc([nH]7)c(-c7ccc(/C=C(/C#N)C(=O)O)cc7)c7nc(c(-c8c(C)cc(C)cc8C)c8ccc5[nH]8)C=C7)C=C6)cc4)ccc2n3CCC(C)CCCC(C)C)cc1. The summed E-state index contributed by atoms with van der Waals surface area (Å²) in [6.07, 6.45) is 19.3. The summed E-state index contributed by atoms with van der Waals surface area (Å²) in [5, 5.41) is 21.8. The van der Waals surface area contributed by atoms with E-state index in [4.69, 9.17) is 14.7 Å². The highest BCUT2D eigenvalue weighted by Crippen LogP contribution is 2.43. The number of carboxylic acids is 1. The average Bonchev–Trinajstić information content (AvgIpc) is 1.60. The van der Waals surface area contributed by atoms with E-state index < -0.39 is 5.97 Å². The van der Waals surface area contributed by atoms with Crippen LogP contribution < -0.4 is 4.74 Å². The zero-order valence-electron chi connectivity index (χ0n) is 55.3. The fourth-order valence-electron chi connectivity index (χ4n) is 14.3. The topological polar surface area (TPSA) is 133 Å². The molecule has 1 unspecified atom stereocenters. The second-order valence-electron chi connectivity index (χ2n) is 26.2. The number of H-pyrrole nitrogens is 2. The highest BCUT2D eigenvalue weighted by atomic mass is 16.5. The minimum absolute atomic E-state index is 0.339. The lowest BCUT2D eigenvalue weighted by molar-refractivity contribution is -0.132. The van der Waals surface area contributed by atoms with Crippen molar-refractivity contribution in [2.24, 2.45) is 11.8 Å². The molecule has 466 valence electrons. The number of aliphatic carboxylic acids is 1. The molecule has 3 N–H and O–H groups in total. The molecule has 0 fully saturated rings. The number of nitrogens with zero attached hydrogens (tertiary/aromatic N) is 4. The number of benzene rings is 7. The van der Waals surface area contributed by atoms with Gasteiger partial charge in [0.1, 0.15) is 17.4 Å². The third kappa shape index (κ3) is 12.4. The van der Waals surface area contributed by atoms with Crippen LogP contribution >= 0.6 is 0 Å². The Labute approximate surface area is 550 Å². The number of nitrogens with one attached hydrogen (secondary N) is 2. The summed E-state index contributed by atoms with van der Waals surface area (Å²) in [5.41, 5.74) is 28.9. The van der Waals surface area contributed by atoms with Gasteiger partial charge in [-0.1, -0.05) is 160 Å². The van der Waals surface area contributed by atoms with E-state index >= 15 is 0 Å². The van der Waals surface area contributed by atoms with E-state index in [1.165, 1.54) is 63.8 Å². The van der Waals surface area contributed by atoms with Crippen molar-refractivity contribution in [1.82, 2.24) is 24.5 Å². The summed E-state index contributed by atoms with van der Waals surface area (Å²) in [4.78, 5) is 31.0. The van der Waals surface area contributed by atoms with E-state index in [0.717, 1.165) is 153 Å². The van der Waals surface area contributed by atoms with Gasteiger partial charge >= 0.3 is 5.97 Å². The van der Waals surface area contributed by atoms with E-state index in [0.29, 0.717) is 11.5 Å². The number of carboxylic acid groups (broad SMARTS) is 1. The molecule has 0 spiro atoms. The maximum absolute atomic E-state index is 11.9. The highest BCUT2D eigenvalue weighted by molar-refractivity contribution is 6.10. The first-order chi connectivity index (χ1) is 45.5. The maximum Gasteiger partial charge on any atom is 0.346 e. The molecule has 2 aliphatic rings. The van der Waals surface area contributed by atoms with Crippen LogP contribution in [0.2, 0.25) is 0 Å². The summed E-state index contributed by atoms with van der Waals surface area (Å²) in [5.74, 6) is 0.947. The molecule has 0 saturated heterocycles. The van der Waals surface area contributed by atoms with Crippen molar-refractivity contribution in [2.75, 3.05) is 7.11 Å². The number of aryl methyl sites for hydroxylation is 7. The van der Waals surface area contributed by atoms with Crippen LogP contribution in [0.5, 0.6) is 5.75 Å². The van der Waals surface area contributed by atoms with E-state index in [1.807, 2.05) is 42.5 Å². The van der Waals surface area contributed by atoms with Crippen molar-refractivity contribution in [3.05, 3.63) is 236 Å². The van der Waals surface area contributed by atoms with Crippen LogP contribution in [0.1, 0.15) is 119 Å². The minimum Gasteiger partial charge on any atom is -0.497 e. The van der Waals surface area contributed by atoms with Crippen molar-refractivity contribution in [2.45, 2.75) is 94.5 Å². The third-order valence-corrected chi connectivity index (χ3v) is 18.8. The molecular formula is C85H78N6O3. The summed E-state index contributed by atoms with van der Waals surface area (Å²) < 4.78 is 8.06. The van der Waals surface area contributed by atoms with Crippen LogP contribution in [0.3, 0.4) is 0 Å². The molecule has 13 rings (SSSR count). The lowest BCUT2D eigenvalue weighted by atomic mass is 9.92. The maximum atomic E-state index is 11.9. The summed E-state index contributed by atoms with van der Waals surface area (Å²) in [6, 6.07) is 58.1. The van der Waals surface area contributed by atoms with Gasteiger partial charge in [-0.2, -0.15) is 5.26 Å². The summed E-state index contributed by atoms with van der Waals surface area (Å²) in [7, 11) is 1.71. The lowest BCUT2D eigenvalue weighted by Crippen LogP contribution is -2.04. The molecule has 11 aromatic rings. The number of hydrogen-bond acceptors (Lipinski definition) is 5. The molecule has 0 aliphatic carbocycles. The molecular weight excluding hydrogens is 1150 g/mol.